The van der Waals surface area contributed by atoms with Crippen LogP contribution in [0.1, 0.15) is 5.56 Å². The Labute approximate surface area is 116 Å². The fraction of sp³-hybridized carbons (Fsp3) is 0.0833. The Hall–Kier alpha value is -1.79. The third-order valence-corrected chi connectivity index (χ3v) is 4.09. The first-order chi connectivity index (χ1) is 8.88. The van der Waals surface area contributed by atoms with Crippen molar-refractivity contribution in [3.63, 3.8) is 0 Å². The SMILES string of the molecule is Cc1cnc(Cl)c(NS(=O)(=O)c2ccc(N)cc2)c1. The minimum atomic E-state index is -3.70. The van der Waals surface area contributed by atoms with E-state index in [0.717, 1.165) is 5.56 Å². The molecule has 0 spiro atoms. The zero-order valence-corrected chi connectivity index (χ0v) is 11.7. The Balaban J connectivity index is 2.36. The van der Waals surface area contributed by atoms with Gasteiger partial charge in [-0.05, 0) is 42.8 Å². The van der Waals surface area contributed by atoms with Gasteiger partial charge in [-0.3, -0.25) is 4.72 Å². The number of rotatable bonds is 3. The molecule has 0 aliphatic rings. The van der Waals surface area contributed by atoms with Crippen LogP contribution in [0, 0.1) is 6.92 Å². The van der Waals surface area contributed by atoms with Gasteiger partial charge < -0.3 is 5.73 Å². The van der Waals surface area contributed by atoms with Gasteiger partial charge in [0.1, 0.15) is 0 Å². The molecule has 0 unspecified atom stereocenters. The fourth-order valence-electron chi connectivity index (χ4n) is 1.47. The maximum absolute atomic E-state index is 12.1. The number of aryl methyl sites for hydroxylation is 1. The van der Waals surface area contributed by atoms with Crippen LogP contribution < -0.4 is 10.5 Å². The molecule has 19 heavy (non-hydrogen) atoms. The lowest BCUT2D eigenvalue weighted by atomic mass is 10.3. The van der Waals surface area contributed by atoms with Gasteiger partial charge in [0.25, 0.3) is 10.0 Å². The second-order valence-electron chi connectivity index (χ2n) is 4.03. The average Bonchev–Trinajstić information content (AvgIpc) is 2.34. The molecule has 0 bridgehead atoms. The largest absolute Gasteiger partial charge is 0.399 e. The van der Waals surface area contributed by atoms with Crippen molar-refractivity contribution in [2.24, 2.45) is 0 Å². The second kappa shape index (κ2) is 5.07. The molecule has 0 radical (unpaired) electrons. The Bertz CT molecular complexity index is 699. The molecule has 3 N–H and O–H groups in total. The number of anilines is 2. The Kier molecular flexibility index (Phi) is 3.64. The quantitative estimate of drug-likeness (QED) is 0.673. The van der Waals surface area contributed by atoms with Gasteiger partial charge in [-0.1, -0.05) is 11.6 Å². The molecule has 1 aromatic heterocycles. The molecule has 1 heterocycles. The summed E-state index contributed by atoms with van der Waals surface area (Å²) < 4.78 is 26.7. The molecule has 2 aromatic rings. The molecule has 0 aliphatic carbocycles. The van der Waals surface area contributed by atoms with Gasteiger partial charge in [0.15, 0.2) is 5.15 Å². The molecule has 2 rings (SSSR count). The normalized spacial score (nSPS) is 11.3. The minimum absolute atomic E-state index is 0.102. The number of sulfonamides is 1. The van der Waals surface area contributed by atoms with Crippen LogP contribution in [0.5, 0.6) is 0 Å². The summed E-state index contributed by atoms with van der Waals surface area (Å²) in [5.74, 6) is 0. The van der Waals surface area contributed by atoms with Gasteiger partial charge in [0.2, 0.25) is 0 Å². The first kappa shape index (κ1) is 13.6. The lowest BCUT2D eigenvalue weighted by molar-refractivity contribution is 0.601. The highest BCUT2D eigenvalue weighted by molar-refractivity contribution is 7.92. The molecule has 0 amide bonds. The zero-order valence-electron chi connectivity index (χ0n) is 10.1. The number of benzene rings is 1. The van der Waals surface area contributed by atoms with E-state index in [9.17, 15) is 8.42 Å². The van der Waals surface area contributed by atoms with E-state index in [1.54, 1.807) is 19.2 Å². The maximum Gasteiger partial charge on any atom is 0.261 e. The molecular formula is C12H12ClN3O2S. The van der Waals surface area contributed by atoms with Crippen molar-refractivity contribution in [3.8, 4) is 0 Å². The molecule has 100 valence electrons. The summed E-state index contributed by atoms with van der Waals surface area (Å²) in [5, 5.41) is 0.102. The van der Waals surface area contributed by atoms with Crippen LogP contribution in [0.25, 0.3) is 0 Å². The first-order valence-electron chi connectivity index (χ1n) is 5.39. The highest BCUT2D eigenvalue weighted by atomic mass is 35.5. The van der Waals surface area contributed by atoms with Crippen molar-refractivity contribution in [1.82, 2.24) is 4.98 Å². The van der Waals surface area contributed by atoms with Crippen LogP contribution in [0.2, 0.25) is 5.15 Å². The van der Waals surface area contributed by atoms with Crippen LogP contribution in [0.4, 0.5) is 11.4 Å². The lowest BCUT2D eigenvalue weighted by Crippen LogP contribution is -2.13. The van der Waals surface area contributed by atoms with Crippen LogP contribution in [-0.4, -0.2) is 13.4 Å². The van der Waals surface area contributed by atoms with Gasteiger partial charge >= 0.3 is 0 Å². The molecule has 0 saturated heterocycles. The monoisotopic (exact) mass is 297 g/mol. The number of aromatic nitrogens is 1. The first-order valence-corrected chi connectivity index (χ1v) is 7.25. The van der Waals surface area contributed by atoms with E-state index in [0.29, 0.717) is 5.69 Å². The molecule has 1 aromatic carbocycles. The molecule has 5 nitrogen and oxygen atoms in total. The van der Waals surface area contributed by atoms with Crippen molar-refractivity contribution in [3.05, 3.63) is 47.2 Å². The van der Waals surface area contributed by atoms with Crippen LogP contribution in [0.3, 0.4) is 0 Å². The highest BCUT2D eigenvalue weighted by Gasteiger charge is 2.16. The number of halogens is 1. The summed E-state index contributed by atoms with van der Waals surface area (Å²) in [7, 11) is -3.70. The van der Waals surface area contributed by atoms with E-state index in [-0.39, 0.29) is 15.7 Å². The van der Waals surface area contributed by atoms with Gasteiger partial charge in [0, 0.05) is 11.9 Å². The molecule has 0 atom stereocenters. The molecule has 0 saturated carbocycles. The topological polar surface area (TPSA) is 85.1 Å². The Morgan fingerprint density at radius 3 is 2.53 bits per heavy atom. The Morgan fingerprint density at radius 1 is 1.26 bits per heavy atom. The number of pyridine rings is 1. The number of nitrogen functional groups attached to an aromatic ring is 1. The van der Waals surface area contributed by atoms with Gasteiger partial charge in [-0.2, -0.15) is 0 Å². The van der Waals surface area contributed by atoms with E-state index >= 15 is 0 Å². The third kappa shape index (κ3) is 3.15. The minimum Gasteiger partial charge on any atom is -0.399 e. The highest BCUT2D eigenvalue weighted by Crippen LogP contribution is 2.23. The molecule has 7 heteroatoms. The summed E-state index contributed by atoms with van der Waals surface area (Å²) >= 11 is 5.86. The van der Waals surface area contributed by atoms with Crippen molar-refractivity contribution in [1.29, 1.82) is 0 Å². The van der Waals surface area contributed by atoms with E-state index in [2.05, 4.69) is 9.71 Å². The van der Waals surface area contributed by atoms with Crippen LogP contribution in [-0.2, 0) is 10.0 Å². The van der Waals surface area contributed by atoms with Crippen molar-refractivity contribution < 1.29 is 8.42 Å². The average molecular weight is 298 g/mol. The molecule has 0 aliphatic heterocycles. The molecule has 0 fully saturated rings. The maximum atomic E-state index is 12.1. The van der Waals surface area contributed by atoms with Gasteiger partial charge in [-0.15, -0.1) is 0 Å². The number of hydrogen-bond acceptors (Lipinski definition) is 4. The van der Waals surface area contributed by atoms with E-state index in [1.807, 2.05) is 0 Å². The number of nitrogens with zero attached hydrogens (tertiary/aromatic N) is 1. The predicted octanol–water partition coefficient (Wildman–Crippen LogP) is 2.43. The lowest BCUT2D eigenvalue weighted by Gasteiger charge is -2.09. The smallest absolute Gasteiger partial charge is 0.261 e. The second-order valence-corrected chi connectivity index (χ2v) is 6.07. The van der Waals surface area contributed by atoms with Gasteiger partial charge in [0.05, 0.1) is 10.6 Å². The van der Waals surface area contributed by atoms with Crippen molar-refractivity contribution in [2.75, 3.05) is 10.5 Å². The van der Waals surface area contributed by atoms with Gasteiger partial charge in [-0.25, -0.2) is 13.4 Å². The summed E-state index contributed by atoms with van der Waals surface area (Å²) in [6, 6.07) is 7.50. The zero-order chi connectivity index (χ0) is 14.0. The summed E-state index contributed by atoms with van der Waals surface area (Å²) in [6.07, 6.45) is 1.56. The van der Waals surface area contributed by atoms with Crippen molar-refractivity contribution in [2.45, 2.75) is 11.8 Å². The third-order valence-electron chi connectivity index (χ3n) is 2.41. The Morgan fingerprint density at radius 2 is 1.89 bits per heavy atom. The summed E-state index contributed by atoms with van der Waals surface area (Å²) in [4.78, 5) is 4.00. The van der Waals surface area contributed by atoms with Crippen LogP contribution >= 0.6 is 11.6 Å². The number of nitrogens with one attached hydrogen (secondary N) is 1. The molecular weight excluding hydrogens is 286 g/mol. The van der Waals surface area contributed by atoms with Crippen molar-refractivity contribution >= 4 is 33.0 Å². The standard InChI is InChI=1S/C12H12ClN3O2S/c1-8-6-11(12(13)15-7-8)16-19(17,18)10-4-2-9(14)3-5-10/h2-7,16H,14H2,1H3. The number of nitrogens with two attached hydrogens (primary N) is 1. The summed E-state index contributed by atoms with van der Waals surface area (Å²) in [6.45, 7) is 1.80. The van der Waals surface area contributed by atoms with E-state index in [1.165, 1.54) is 24.3 Å². The van der Waals surface area contributed by atoms with E-state index < -0.39 is 10.0 Å². The fourth-order valence-corrected chi connectivity index (χ4v) is 2.74. The van der Waals surface area contributed by atoms with Crippen LogP contribution in [0.15, 0.2) is 41.4 Å². The van der Waals surface area contributed by atoms with E-state index in [4.69, 9.17) is 17.3 Å². The summed E-state index contributed by atoms with van der Waals surface area (Å²) in [5.41, 5.74) is 7.07. The number of hydrogen-bond donors (Lipinski definition) is 2. The predicted molar refractivity (Wildman–Crippen MR) is 75.6 cm³/mol.